The van der Waals surface area contributed by atoms with Gasteiger partial charge in [-0.25, -0.2) is 0 Å². The van der Waals surface area contributed by atoms with Crippen molar-refractivity contribution in [2.75, 3.05) is 20.8 Å². The topological polar surface area (TPSA) is 81.7 Å². The third kappa shape index (κ3) is 7.48. The van der Waals surface area contributed by atoms with E-state index < -0.39 is 5.97 Å². The monoisotopic (exact) mass is 217 g/mol. The first kappa shape index (κ1) is 13.4. The second-order valence-corrected chi connectivity index (χ2v) is 2.75. The van der Waals surface area contributed by atoms with E-state index in [9.17, 15) is 14.4 Å². The van der Waals surface area contributed by atoms with E-state index in [0.717, 1.165) is 0 Å². The number of rotatable bonds is 6. The number of amides is 1. The highest BCUT2D eigenvalue weighted by Crippen LogP contribution is 1.91. The van der Waals surface area contributed by atoms with Gasteiger partial charge in [-0.1, -0.05) is 0 Å². The largest absolute Gasteiger partial charge is 0.469 e. The second kappa shape index (κ2) is 7.78. The molecule has 0 aliphatic carbocycles. The lowest BCUT2D eigenvalue weighted by molar-refractivity contribution is -0.142. The molecule has 0 radical (unpaired) electrons. The molecule has 0 aliphatic heterocycles. The van der Waals surface area contributed by atoms with Crippen LogP contribution in [-0.2, 0) is 23.9 Å². The predicted octanol–water partition coefficient (Wildman–Crippen LogP) is -0.381. The Hall–Kier alpha value is -1.59. The Morgan fingerprint density at radius 3 is 2.00 bits per heavy atom. The fourth-order valence-corrected chi connectivity index (χ4v) is 0.812. The lowest BCUT2D eigenvalue weighted by Crippen LogP contribution is -2.26. The van der Waals surface area contributed by atoms with Crippen molar-refractivity contribution in [3.05, 3.63) is 0 Å². The molecule has 0 saturated heterocycles. The Kier molecular flexibility index (Phi) is 6.96. The summed E-state index contributed by atoms with van der Waals surface area (Å²) in [5, 5.41) is 2.48. The SMILES string of the molecule is COC(=O)CCNC(=O)CCC(=O)OC. The average Bonchev–Trinajstić information content (AvgIpc) is 2.25. The van der Waals surface area contributed by atoms with Gasteiger partial charge in [0.05, 0.1) is 27.1 Å². The molecule has 0 aromatic carbocycles. The fraction of sp³-hybridized carbons (Fsp3) is 0.667. The third-order valence-corrected chi connectivity index (χ3v) is 1.66. The van der Waals surface area contributed by atoms with E-state index in [1.165, 1.54) is 14.2 Å². The number of carbonyl (C=O) groups is 3. The van der Waals surface area contributed by atoms with Gasteiger partial charge in [0, 0.05) is 13.0 Å². The highest BCUT2D eigenvalue weighted by atomic mass is 16.5. The summed E-state index contributed by atoms with van der Waals surface area (Å²) in [6.07, 6.45) is 0.231. The molecule has 1 amide bonds. The molecule has 0 aromatic heterocycles. The Morgan fingerprint density at radius 2 is 1.47 bits per heavy atom. The summed E-state index contributed by atoms with van der Waals surface area (Å²) in [4.78, 5) is 32.4. The second-order valence-electron chi connectivity index (χ2n) is 2.75. The van der Waals surface area contributed by atoms with Crippen LogP contribution in [0.25, 0.3) is 0 Å². The van der Waals surface area contributed by atoms with E-state index in [1.807, 2.05) is 0 Å². The van der Waals surface area contributed by atoms with Crippen molar-refractivity contribution in [1.82, 2.24) is 5.32 Å². The molecule has 0 aliphatic rings. The molecule has 0 fully saturated rings. The predicted molar refractivity (Wildman–Crippen MR) is 50.9 cm³/mol. The van der Waals surface area contributed by atoms with E-state index in [4.69, 9.17) is 0 Å². The van der Waals surface area contributed by atoms with Gasteiger partial charge < -0.3 is 14.8 Å². The number of methoxy groups -OCH3 is 2. The van der Waals surface area contributed by atoms with Gasteiger partial charge >= 0.3 is 11.9 Å². The first-order valence-electron chi connectivity index (χ1n) is 4.50. The maximum atomic E-state index is 11.1. The van der Waals surface area contributed by atoms with Crippen LogP contribution in [0.2, 0.25) is 0 Å². The summed E-state index contributed by atoms with van der Waals surface area (Å²) in [7, 11) is 2.54. The Labute approximate surface area is 87.9 Å². The molecular formula is C9H15NO5. The smallest absolute Gasteiger partial charge is 0.307 e. The summed E-state index contributed by atoms with van der Waals surface area (Å²) in [5.41, 5.74) is 0. The zero-order valence-electron chi connectivity index (χ0n) is 8.87. The van der Waals surface area contributed by atoms with Crippen molar-refractivity contribution < 1.29 is 23.9 Å². The summed E-state index contributed by atoms with van der Waals surface area (Å²) >= 11 is 0. The number of ether oxygens (including phenoxy) is 2. The summed E-state index contributed by atoms with van der Waals surface area (Å²) in [5.74, 6) is -1.11. The number of nitrogens with one attached hydrogen (secondary N) is 1. The number of carbonyl (C=O) groups excluding carboxylic acids is 3. The zero-order chi connectivity index (χ0) is 11.7. The fourth-order valence-electron chi connectivity index (χ4n) is 0.812. The van der Waals surface area contributed by atoms with Crippen molar-refractivity contribution in [1.29, 1.82) is 0 Å². The Morgan fingerprint density at radius 1 is 0.933 bits per heavy atom. The number of esters is 2. The van der Waals surface area contributed by atoms with Gasteiger partial charge in [-0.15, -0.1) is 0 Å². The molecule has 1 N–H and O–H groups in total. The molecule has 0 saturated carbocycles. The van der Waals surface area contributed by atoms with Crippen molar-refractivity contribution in [3.63, 3.8) is 0 Å². The first-order valence-corrected chi connectivity index (χ1v) is 4.50. The van der Waals surface area contributed by atoms with Crippen LogP contribution in [0.5, 0.6) is 0 Å². The standard InChI is InChI=1S/C9H15NO5/c1-14-8(12)4-3-7(11)10-6-5-9(13)15-2/h3-6H2,1-2H3,(H,10,11). The van der Waals surface area contributed by atoms with Crippen LogP contribution >= 0.6 is 0 Å². The molecule has 15 heavy (non-hydrogen) atoms. The first-order chi connectivity index (χ1) is 7.10. The van der Waals surface area contributed by atoms with Crippen molar-refractivity contribution in [2.24, 2.45) is 0 Å². The van der Waals surface area contributed by atoms with Gasteiger partial charge in [0.1, 0.15) is 0 Å². The van der Waals surface area contributed by atoms with Gasteiger partial charge in [-0.2, -0.15) is 0 Å². The van der Waals surface area contributed by atoms with Crippen molar-refractivity contribution in [3.8, 4) is 0 Å². The van der Waals surface area contributed by atoms with E-state index in [1.54, 1.807) is 0 Å². The molecule has 0 atom stereocenters. The van der Waals surface area contributed by atoms with Crippen LogP contribution in [0.15, 0.2) is 0 Å². The van der Waals surface area contributed by atoms with Gasteiger partial charge in [0.15, 0.2) is 0 Å². The minimum absolute atomic E-state index is 0.0422. The van der Waals surface area contributed by atoms with E-state index in [-0.39, 0.29) is 37.7 Å². The Balaban J connectivity index is 3.49. The quantitative estimate of drug-likeness (QED) is 0.613. The molecule has 0 unspecified atom stereocenters. The van der Waals surface area contributed by atoms with E-state index >= 15 is 0 Å². The molecular weight excluding hydrogens is 202 g/mol. The van der Waals surface area contributed by atoms with Gasteiger partial charge in [-0.3, -0.25) is 14.4 Å². The molecule has 0 bridgehead atoms. The van der Waals surface area contributed by atoms with Crippen LogP contribution < -0.4 is 5.32 Å². The lowest BCUT2D eigenvalue weighted by Gasteiger charge is -2.03. The van der Waals surface area contributed by atoms with E-state index in [2.05, 4.69) is 14.8 Å². The highest BCUT2D eigenvalue weighted by Gasteiger charge is 2.07. The van der Waals surface area contributed by atoms with Crippen LogP contribution in [0.1, 0.15) is 19.3 Å². The van der Waals surface area contributed by atoms with Crippen LogP contribution in [0.4, 0.5) is 0 Å². The summed E-state index contributed by atoms with van der Waals surface area (Å²) in [6, 6.07) is 0. The third-order valence-electron chi connectivity index (χ3n) is 1.66. The lowest BCUT2D eigenvalue weighted by atomic mass is 10.3. The summed E-state index contributed by atoms with van der Waals surface area (Å²) in [6.45, 7) is 0.215. The number of hydrogen-bond donors (Lipinski definition) is 1. The zero-order valence-corrected chi connectivity index (χ0v) is 8.87. The molecule has 0 rings (SSSR count). The molecule has 0 spiro atoms. The summed E-state index contributed by atoms with van der Waals surface area (Å²) < 4.78 is 8.75. The van der Waals surface area contributed by atoms with Crippen molar-refractivity contribution in [2.45, 2.75) is 19.3 Å². The van der Waals surface area contributed by atoms with Crippen molar-refractivity contribution >= 4 is 17.8 Å². The van der Waals surface area contributed by atoms with Gasteiger partial charge in [-0.05, 0) is 0 Å². The van der Waals surface area contributed by atoms with E-state index in [0.29, 0.717) is 0 Å². The van der Waals surface area contributed by atoms with Crippen LogP contribution in [-0.4, -0.2) is 38.6 Å². The molecule has 0 aromatic rings. The van der Waals surface area contributed by atoms with Crippen LogP contribution in [0, 0.1) is 0 Å². The van der Waals surface area contributed by atoms with Gasteiger partial charge in [0.25, 0.3) is 0 Å². The highest BCUT2D eigenvalue weighted by molar-refractivity contribution is 5.81. The molecule has 86 valence electrons. The molecule has 6 heteroatoms. The minimum atomic E-state index is -0.432. The molecule has 6 nitrogen and oxygen atoms in total. The average molecular weight is 217 g/mol. The molecule has 0 heterocycles. The maximum Gasteiger partial charge on any atom is 0.307 e. The Bertz CT molecular complexity index is 239. The van der Waals surface area contributed by atoms with Crippen LogP contribution in [0.3, 0.4) is 0 Å². The maximum absolute atomic E-state index is 11.1. The van der Waals surface area contributed by atoms with Gasteiger partial charge in [0.2, 0.25) is 5.91 Å². The minimum Gasteiger partial charge on any atom is -0.469 e. The number of hydrogen-bond acceptors (Lipinski definition) is 5. The normalized spacial score (nSPS) is 9.20.